The molecular formula is C134H168N11U3+3. The van der Waals surface area contributed by atoms with Gasteiger partial charge in [-0.05, 0) is 161 Å². The SMILES string of the molecule is CC.CC.CC.CC.CC.CC.CC.CC.CC.CC.CC.CC.CC.CC.CC.CC.CC.[N-]=CN1[CH-]C23c4c(cccc41)Cc1ccc4c(c12)C1c2c(cccc2Cc2ccc[n+]3c21)C4.[N-]=CN1[CH-]C23c4c1cccc4N1c4ccccc4Cc4cc5c(c2c41)C(c1ccccc1C5)c1cccc[n+]13.[N-]=CN1[CH-]C23c4c1cccc4N1c4ccccc4Cc4ccc(c2c41)C1c2ccccc2Cc2ccc[n+]3c21.[U+2].[U+2].[U+2]. The molecule has 10 aliphatic heterocycles. The number of para-hydroxylation sites is 2. The van der Waals surface area contributed by atoms with Crippen LogP contribution in [0.1, 0.15) is 415 Å². The third-order valence-electron chi connectivity index (χ3n) is 28.2. The monoisotopic (exact) mass is 2650 g/mol. The van der Waals surface area contributed by atoms with Crippen LogP contribution < -0.4 is 38.2 Å². The van der Waals surface area contributed by atoms with E-state index in [4.69, 9.17) is 0 Å². The van der Waals surface area contributed by atoms with Crippen molar-refractivity contribution in [2.24, 2.45) is 0 Å². The van der Waals surface area contributed by atoms with Crippen LogP contribution in [-0.2, 0) is 61.6 Å². The van der Waals surface area contributed by atoms with Crippen molar-refractivity contribution in [3.05, 3.63) is 459 Å². The molecule has 0 saturated carbocycles. The maximum Gasteiger partial charge on any atom is 2.00 e. The number of nitrogens with zero attached hydrogens (tertiary/aromatic N) is 11. The summed E-state index contributed by atoms with van der Waals surface area (Å²) in [4.78, 5) is 10.8. The van der Waals surface area contributed by atoms with Gasteiger partial charge in [-0.1, -0.05) is 434 Å². The maximum atomic E-state index is 10.5. The van der Waals surface area contributed by atoms with E-state index < -0.39 is 16.6 Å². The molecule has 5 aliphatic carbocycles. The average molecular weight is 2650 g/mol. The van der Waals surface area contributed by atoms with Gasteiger partial charge in [-0.3, -0.25) is 19.6 Å². The molecule has 11 nitrogen and oxygen atoms in total. The first-order valence-corrected chi connectivity index (χ1v) is 56.2. The molecule has 11 aromatic carbocycles. The first-order valence-electron chi connectivity index (χ1n) is 56.2. The second kappa shape index (κ2) is 56.9. The van der Waals surface area contributed by atoms with Gasteiger partial charge in [0.15, 0.2) is 35.7 Å². The predicted molar refractivity (Wildman–Crippen MR) is 627 cm³/mol. The normalized spacial score (nSPS) is 17.1. The molecule has 0 saturated heterocycles. The van der Waals surface area contributed by atoms with Crippen molar-refractivity contribution >= 4 is 70.2 Å². The second-order valence-electron chi connectivity index (χ2n) is 32.9. The molecule has 6 atom stereocenters. The van der Waals surface area contributed by atoms with Crippen LogP contribution >= 0.6 is 0 Å². The molecule has 0 amide bonds. The van der Waals surface area contributed by atoms with E-state index in [1.165, 1.54) is 209 Å². The average Bonchev–Trinajstić information content (AvgIpc) is 1.39. The number of fused-ring (bicyclic) bond motifs is 13. The standard InChI is InChI=1S/2C35H23N4.C30H20N3.17C2H6.3U/c36-20-37-19-35-31-26(30-25-10-3-1-7-21(25)17-23-9-6-16-38(35)33(23)30)15-14-24-18-22-8-2-4-11-27(22)39(34(24)31)29-13-5-12-28(37)32(29)35;36-20-37-19-35-32-28(37)13-7-14-29(32)39-26-11-4-2-9-22(26)17-24-18-23-16-21-8-1-3-10-25(21)31(30(23)33(35)34(24)39)27-12-5-6-15-38(27)35;31-16-32-15-30-27-20(6-2-8-23(27)32)14-21-10-9-19-12-17-4-1-5-18-13-22-7-3-11-33(30)29(22)26(24(17)18)25(19)28(21)30;17*1-2;;;/h1-16,19-20,30H,17-18H2;1-15,18-20,31H,16-17H2;1-11,15-16,26H,12-14H2;17*1-2H3;;;/q3*-1;;;;;;;;;;;;;;;;;;3*+2. The van der Waals surface area contributed by atoms with Gasteiger partial charge in [-0.15, -0.1) is 19.0 Å². The molecule has 29 rings (SSSR count). The van der Waals surface area contributed by atoms with E-state index >= 15 is 0 Å². The third kappa shape index (κ3) is 19.4. The number of hydrogen-bond donors (Lipinski definition) is 0. The quantitative estimate of drug-likeness (QED) is 0.0760. The first kappa shape index (κ1) is 125. The van der Waals surface area contributed by atoms with Crippen LogP contribution in [-0.4, -0.2) is 19.0 Å². The van der Waals surface area contributed by atoms with Crippen LogP contribution in [0.5, 0.6) is 0 Å². The van der Waals surface area contributed by atoms with E-state index in [0.717, 1.165) is 62.0 Å². The largest absolute Gasteiger partial charge is 2.00 e. The minimum Gasteiger partial charge on any atom is -0.595 e. The summed E-state index contributed by atoms with van der Waals surface area (Å²) in [5, 5.41) is 31.3. The fourth-order valence-corrected chi connectivity index (χ4v) is 24.6. The maximum absolute atomic E-state index is 10.5. The molecule has 13 heterocycles. The summed E-state index contributed by atoms with van der Waals surface area (Å²) in [6.07, 6.45) is 17.1. The molecule has 3 aromatic heterocycles. The summed E-state index contributed by atoms with van der Waals surface area (Å²) in [5.74, 6) is 0.607. The van der Waals surface area contributed by atoms with E-state index in [1.807, 2.05) is 250 Å². The summed E-state index contributed by atoms with van der Waals surface area (Å²) in [7, 11) is 0. The molecule has 6 unspecified atom stereocenters. The zero-order valence-corrected chi connectivity index (χ0v) is 108. The van der Waals surface area contributed by atoms with Crippen LogP contribution in [0.4, 0.5) is 51.2 Å². The van der Waals surface area contributed by atoms with Gasteiger partial charge in [-0.25, -0.2) is 13.7 Å². The van der Waals surface area contributed by atoms with Crippen molar-refractivity contribution in [1.29, 1.82) is 0 Å². The minimum atomic E-state index is -0.553. The molecule has 14 heteroatoms. The summed E-state index contributed by atoms with van der Waals surface area (Å²) in [6, 6.07) is 89.9. The van der Waals surface area contributed by atoms with Crippen molar-refractivity contribution in [3.8, 4) is 0 Å². The zero-order chi connectivity index (χ0) is 106. The molecule has 0 bridgehead atoms. The molecule has 0 N–H and O–H groups in total. The molecule has 3 spiro atoms. The molecule has 0 radical (unpaired) electrons. The number of anilines is 9. The van der Waals surface area contributed by atoms with E-state index in [2.05, 4.69) is 304 Å². The van der Waals surface area contributed by atoms with Crippen LogP contribution in [0.2, 0.25) is 0 Å². The Morgan fingerprint density at radius 3 is 1.04 bits per heavy atom. The van der Waals surface area contributed by atoms with Crippen molar-refractivity contribution < 1.29 is 107 Å². The Bertz CT molecular complexity index is 6730. The molecule has 768 valence electrons. The summed E-state index contributed by atoms with van der Waals surface area (Å²) >= 11 is 0. The Balaban J connectivity index is 0.000000261. The molecule has 148 heavy (non-hydrogen) atoms. The molecule has 0 fully saturated rings. The fraction of sp³-hybridized carbons (Fsp3) is 0.351. The van der Waals surface area contributed by atoms with Gasteiger partial charge in [0.05, 0.1) is 40.5 Å². The van der Waals surface area contributed by atoms with Crippen molar-refractivity contribution in [3.63, 3.8) is 0 Å². The van der Waals surface area contributed by atoms with Crippen molar-refractivity contribution in [2.75, 3.05) is 24.5 Å². The smallest absolute Gasteiger partial charge is 0.595 e. The van der Waals surface area contributed by atoms with Crippen LogP contribution in [0.15, 0.2) is 261 Å². The van der Waals surface area contributed by atoms with E-state index in [9.17, 15) is 16.2 Å². The van der Waals surface area contributed by atoms with Crippen LogP contribution in [0.3, 0.4) is 0 Å². The second-order valence-corrected chi connectivity index (χ2v) is 32.9. The number of rotatable bonds is 3. The van der Waals surface area contributed by atoms with Crippen molar-refractivity contribution in [2.45, 2.75) is 315 Å². The van der Waals surface area contributed by atoms with Gasteiger partial charge in [0.2, 0.25) is 0 Å². The Hall–Kier alpha value is -9.96. The van der Waals surface area contributed by atoms with E-state index in [1.54, 1.807) is 5.56 Å². The number of hydrogen-bond acceptors (Lipinski definition) is 2. The van der Waals surface area contributed by atoms with Gasteiger partial charge >= 0.3 is 93.3 Å². The van der Waals surface area contributed by atoms with Gasteiger partial charge in [0, 0.05) is 100 Å². The summed E-state index contributed by atoms with van der Waals surface area (Å²) in [6.45, 7) is 74.7. The van der Waals surface area contributed by atoms with Crippen LogP contribution in [0.25, 0.3) is 16.2 Å². The third-order valence-corrected chi connectivity index (χ3v) is 28.2. The molecule has 14 aromatic rings. The molecule has 15 aliphatic rings. The van der Waals surface area contributed by atoms with Crippen LogP contribution in [0, 0.1) is 113 Å². The topological polar surface area (TPSA) is 94.7 Å². The number of benzene rings is 11. The van der Waals surface area contributed by atoms with Gasteiger partial charge < -0.3 is 40.7 Å². The molecular weight excluding hydrogens is 2480 g/mol. The van der Waals surface area contributed by atoms with Crippen molar-refractivity contribution in [1.82, 2.24) is 0 Å². The number of pyridine rings is 3. The van der Waals surface area contributed by atoms with Gasteiger partial charge in [0.1, 0.15) is 16.6 Å². The Morgan fingerprint density at radius 1 is 0.230 bits per heavy atom. The fourth-order valence-electron chi connectivity index (χ4n) is 24.6. The Kier molecular flexibility index (Phi) is 48.1. The first-order chi connectivity index (χ1) is 71.9. The van der Waals surface area contributed by atoms with E-state index in [-0.39, 0.29) is 105 Å². The summed E-state index contributed by atoms with van der Waals surface area (Å²) < 4.78 is 7.59. The van der Waals surface area contributed by atoms with E-state index in [0.29, 0.717) is 5.92 Å². The Labute approximate surface area is 965 Å². The number of aromatic nitrogens is 3. The van der Waals surface area contributed by atoms with Gasteiger partial charge in [-0.2, -0.15) is 0 Å². The minimum absolute atomic E-state index is 0. The van der Waals surface area contributed by atoms with Gasteiger partial charge in [0.25, 0.3) is 0 Å². The summed E-state index contributed by atoms with van der Waals surface area (Å²) in [5.41, 5.74) is 49.6. The Morgan fingerprint density at radius 2 is 0.541 bits per heavy atom. The zero-order valence-electron chi connectivity index (χ0n) is 95.9. The predicted octanol–water partition coefficient (Wildman–Crippen LogP) is 34.9.